The molecule has 0 saturated carbocycles. The second kappa shape index (κ2) is 12.4. The largest absolute Gasteiger partial charge is 0.495 e. The van der Waals surface area contributed by atoms with E-state index in [1.54, 1.807) is 0 Å². The summed E-state index contributed by atoms with van der Waals surface area (Å²) in [5.74, 6) is 4.47. The Morgan fingerprint density at radius 2 is 1.45 bits per heavy atom. The van der Waals surface area contributed by atoms with Gasteiger partial charge in [0.2, 0.25) is 0 Å². The lowest BCUT2D eigenvalue weighted by molar-refractivity contribution is 0.00578. The maximum atomic E-state index is 6.56. The molecule has 0 unspecified atom stereocenters. The van der Waals surface area contributed by atoms with Crippen LogP contribution in [-0.2, 0) is 14.0 Å². The van der Waals surface area contributed by atoms with Gasteiger partial charge in [-0.15, -0.1) is 5.54 Å². The van der Waals surface area contributed by atoms with Gasteiger partial charge in [-0.1, -0.05) is 79.2 Å². The van der Waals surface area contributed by atoms with E-state index in [9.17, 15) is 0 Å². The van der Waals surface area contributed by atoms with Crippen molar-refractivity contribution in [3.8, 4) is 17.2 Å². The Morgan fingerprint density at radius 3 is 1.98 bits per heavy atom. The zero-order valence-corrected chi connectivity index (χ0v) is 29.5. The molecule has 1 aliphatic heterocycles. The van der Waals surface area contributed by atoms with Crippen molar-refractivity contribution in [3.05, 3.63) is 35.9 Å². The van der Waals surface area contributed by atoms with Gasteiger partial charge in [-0.2, -0.15) is 0 Å². The van der Waals surface area contributed by atoms with Crippen molar-refractivity contribution >= 4 is 39.5 Å². The number of ether oxygens (including phenoxy) is 2. The third kappa shape index (κ3) is 7.07. The first-order valence-corrected chi connectivity index (χ1v) is 21.0. The summed E-state index contributed by atoms with van der Waals surface area (Å²) in [6.07, 6.45) is 0. The lowest BCUT2D eigenvalue weighted by atomic mass is 9.75. The molecule has 0 spiro atoms. The molecule has 4 nitrogen and oxygen atoms in total. The van der Waals surface area contributed by atoms with Crippen LogP contribution in [0.3, 0.4) is 0 Å². The predicted octanol–water partition coefficient (Wildman–Crippen LogP) is 8.40. The topological polar surface area (TPSA) is 36.9 Å². The first-order chi connectivity index (χ1) is 18.4. The number of hydrogen-bond donors (Lipinski definition) is 0. The van der Waals surface area contributed by atoms with Gasteiger partial charge in [-0.05, 0) is 84.8 Å². The van der Waals surface area contributed by atoms with Gasteiger partial charge in [0.1, 0.15) is 13.8 Å². The molecule has 1 saturated heterocycles. The van der Waals surface area contributed by atoms with Gasteiger partial charge in [0.15, 0.2) is 6.79 Å². The van der Waals surface area contributed by atoms with Crippen molar-refractivity contribution in [2.45, 2.75) is 123 Å². The zero-order chi connectivity index (χ0) is 30.1. The van der Waals surface area contributed by atoms with E-state index in [0.29, 0.717) is 16.6 Å². The van der Waals surface area contributed by atoms with Gasteiger partial charge in [0, 0.05) is 20.2 Å². The Bertz CT molecular complexity index is 1200. The molecule has 7 heteroatoms. The van der Waals surface area contributed by atoms with Crippen molar-refractivity contribution in [3.63, 3.8) is 0 Å². The van der Waals surface area contributed by atoms with Crippen LogP contribution in [0.15, 0.2) is 30.3 Å². The van der Waals surface area contributed by atoms with Crippen molar-refractivity contribution in [1.82, 2.24) is 0 Å². The second-order valence-corrected chi connectivity index (χ2v) is 25.8. The average Bonchev–Trinajstić information content (AvgIpc) is 3.03. The van der Waals surface area contributed by atoms with Crippen LogP contribution < -0.4 is 10.2 Å². The van der Waals surface area contributed by atoms with Crippen LogP contribution in [0.1, 0.15) is 74.8 Å². The third-order valence-electron chi connectivity index (χ3n) is 9.07. The maximum Gasteiger partial charge on any atom is 0.495 e. The van der Waals surface area contributed by atoms with Crippen molar-refractivity contribution in [1.29, 1.82) is 0 Å². The summed E-state index contributed by atoms with van der Waals surface area (Å²) in [5.41, 5.74) is 6.72. The van der Waals surface area contributed by atoms with Crippen LogP contribution in [0.2, 0.25) is 42.3 Å². The summed E-state index contributed by atoms with van der Waals surface area (Å²) in [6.45, 7) is 30.5. The smallest absolute Gasteiger partial charge is 0.468 e. The number of fused-ring (bicyclic) bond motifs is 1. The molecule has 0 atom stereocenters. The molecule has 0 N–H and O–H groups in total. The fraction of sp³-hybridized carbons (Fsp3) is 0.636. The fourth-order valence-corrected chi connectivity index (χ4v) is 11.9. The minimum Gasteiger partial charge on any atom is -0.468 e. The van der Waals surface area contributed by atoms with E-state index in [4.69, 9.17) is 18.8 Å². The molecule has 2 aromatic carbocycles. The minimum absolute atomic E-state index is 0.226. The summed E-state index contributed by atoms with van der Waals surface area (Å²) in [5, 5.41) is 2.15. The van der Waals surface area contributed by atoms with Crippen LogP contribution >= 0.6 is 0 Å². The van der Waals surface area contributed by atoms with Crippen LogP contribution in [-0.4, -0.2) is 47.9 Å². The average molecular weight is 581 g/mol. The fourth-order valence-electron chi connectivity index (χ4n) is 5.93. The first kappa shape index (κ1) is 32.9. The highest BCUT2D eigenvalue weighted by Crippen LogP contribution is 2.41. The molecular formula is C33H53BO4Si2. The van der Waals surface area contributed by atoms with Gasteiger partial charge in [0.05, 0.1) is 11.2 Å². The molecule has 0 bridgehead atoms. The Morgan fingerprint density at radius 1 is 0.875 bits per heavy atom. The van der Waals surface area contributed by atoms with Crippen molar-refractivity contribution in [2.75, 3.05) is 13.4 Å². The number of rotatable bonds is 10. The van der Waals surface area contributed by atoms with E-state index < -0.39 is 34.5 Å². The Labute approximate surface area is 247 Å². The minimum atomic E-state index is -1.90. The molecule has 40 heavy (non-hydrogen) atoms. The molecule has 0 aliphatic carbocycles. The monoisotopic (exact) mass is 580 g/mol. The molecule has 3 rings (SSSR count). The molecule has 1 heterocycles. The normalized spacial score (nSPS) is 17.1. The molecule has 0 aromatic heterocycles. The van der Waals surface area contributed by atoms with Crippen molar-refractivity contribution < 1.29 is 18.8 Å². The van der Waals surface area contributed by atoms with E-state index in [1.165, 1.54) is 0 Å². The standard InChI is InChI=1S/C33H53BO4Si2/c1-24(2)40(25(3)4,26(5)6)19-17-27-15-14-16-28-21-29(36-23-35-18-20-39(11,12)13)22-30(31(27)28)34-37-32(7,8)33(9,10)38-34/h14-16,21-22,24-26H,18,20,23H2,1-13H3. The highest BCUT2D eigenvalue weighted by molar-refractivity contribution is 6.90. The summed E-state index contributed by atoms with van der Waals surface area (Å²) in [7, 11) is -3.57. The third-order valence-corrected chi connectivity index (χ3v) is 17.1. The lowest BCUT2D eigenvalue weighted by Gasteiger charge is -2.38. The predicted molar refractivity (Wildman–Crippen MR) is 177 cm³/mol. The van der Waals surface area contributed by atoms with Gasteiger partial charge < -0.3 is 18.8 Å². The Hall–Kier alpha value is -1.56. The zero-order valence-electron chi connectivity index (χ0n) is 27.5. The molecule has 0 amide bonds. The summed E-state index contributed by atoms with van der Waals surface area (Å²) in [4.78, 5) is 0. The van der Waals surface area contributed by atoms with Crippen molar-refractivity contribution in [2.24, 2.45) is 0 Å². The Balaban J connectivity index is 2.11. The summed E-state index contributed by atoms with van der Waals surface area (Å²) < 4.78 is 25.1. The molecule has 2 aromatic rings. The van der Waals surface area contributed by atoms with Gasteiger partial charge in [-0.3, -0.25) is 0 Å². The van der Waals surface area contributed by atoms with E-state index in [2.05, 4.69) is 131 Å². The molecule has 1 fully saturated rings. The van der Waals surface area contributed by atoms with Gasteiger partial charge in [-0.25, -0.2) is 0 Å². The molecule has 220 valence electrons. The van der Waals surface area contributed by atoms with Crippen LogP contribution in [0, 0.1) is 11.5 Å². The SMILES string of the molecule is CC(C)[Si](C#Cc1cccc2cc(OCOCC[Si](C)(C)C)cc(B3OC(C)(C)C(C)(C)O3)c12)(C(C)C)C(C)C. The number of benzene rings is 2. The van der Waals surface area contributed by atoms with Crippen LogP contribution in [0.4, 0.5) is 0 Å². The van der Waals surface area contributed by atoms with Crippen LogP contribution in [0.5, 0.6) is 5.75 Å². The Kier molecular flexibility index (Phi) is 10.2. The second-order valence-electron chi connectivity index (χ2n) is 14.6. The molecule has 1 aliphatic rings. The van der Waals surface area contributed by atoms with Crippen LogP contribution in [0.25, 0.3) is 10.8 Å². The summed E-state index contributed by atoms with van der Waals surface area (Å²) in [6, 6.07) is 11.6. The van der Waals surface area contributed by atoms with E-state index in [1.807, 2.05) is 0 Å². The van der Waals surface area contributed by atoms with Gasteiger partial charge >= 0.3 is 7.12 Å². The van der Waals surface area contributed by atoms with E-state index in [0.717, 1.165) is 40.2 Å². The number of hydrogen-bond acceptors (Lipinski definition) is 4. The molecule has 0 radical (unpaired) electrons. The maximum absolute atomic E-state index is 6.56. The molecular weight excluding hydrogens is 527 g/mol. The van der Waals surface area contributed by atoms with E-state index >= 15 is 0 Å². The quantitative estimate of drug-likeness (QED) is 0.122. The lowest BCUT2D eigenvalue weighted by Crippen LogP contribution is -2.43. The highest BCUT2D eigenvalue weighted by Gasteiger charge is 2.52. The highest BCUT2D eigenvalue weighted by atomic mass is 28.3. The van der Waals surface area contributed by atoms with Gasteiger partial charge in [0.25, 0.3) is 0 Å². The van der Waals surface area contributed by atoms with E-state index in [-0.39, 0.29) is 6.79 Å². The first-order valence-electron chi connectivity index (χ1n) is 15.1. The summed E-state index contributed by atoms with van der Waals surface area (Å²) >= 11 is 0.